The first-order valence-corrected chi connectivity index (χ1v) is 6.32. The number of benzene rings is 1. The van der Waals surface area contributed by atoms with Crippen LogP contribution in [0.5, 0.6) is 0 Å². The molecule has 0 saturated carbocycles. The molecule has 0 aliphatic heterocycles. The van der Waals surface area contributed by atoms with Gasteiger partial charge in [0.2, 0.25) is 0 Å². The average molecular weight is 290 g/mol. The van der Waals surface area contributed by atoms with Gasteiger partial charge in [0.15, 0.2) is 0 Å². The summed E-state index contributed by atoms with van der Waals surface area (Å²) in [6.07, 6.45) is 0. The molecule has 2 amide bonds. The lowest BCUT2D eigenvalue weighted by Crippen LogP contribution is -2.19. The monoisotopic (exact) mass is 290 g/mol. The van der Waals surface area contributed by atoms with Crippen LogP contribution in [-0.4, -0.2) is 29.9 Å². The molecule has 1 aromatic carbocycles. The molecule has 0 fully saturated rings. The number of carbonyl (C=O) groups is 3. The first-order valence-electron chi connectivity index (χ1n) is 6.32. The van der Waals surface area contributed by atoms with Gasteiger partial charge in [0.05, 0.1) is 0 Å². The van der Waals surface area contributed by atoms with E-state index in [9.17, 15) is 14.4 Å². The van der Waals surface area contributed by atoms with Crippen LogP contribution in [0.1, 0.15) is 29.8 Å². The fraction of sp³-hybridized carbons (Fsp3) is 0.267. The smallest absolute Gasteiger partial charge is 0.331 e. The van der Waals surface area contributed by atoms with Crippen molar-refractivity contribution in [2.24, 2.45) is 0 Å². The third kappa shape index (κ3) is 3.92. The highest BCUT2D eigenvalue weighted by atomic mass is 16.4. The molecule has 0 unspecified atom stereocenters. The minimum atomic E-state index is -1.13. The Morgan fingerprint density at radius 3 is 2.19 bits per heavy atom. The van der Waals surface area contributed by atoms with E-state index in [2.05, 4.69) is 10.6 Å². The van der Waals surface area contributed by atoms with Crippen LogP contribution < -0.4 is 10.6 Å². The maximum Gasteiger partial charge on any atom is 0.331 e. The molecule has 0 aromatic heterocycles. The second-order valence-electron chi connectivity index (χ2n) is 4.62. The second kappa shape index (κ2) is 6.69. The van der Waals surface area contributed by atoms with Crippen LogP contribution in [-0.2, 0) is 9.59 Å². The quantitative estimate of drug-likeness (QED) is 0.736. The molecule has 21 heavy (non-hydrogen) atoms. The predicted octanol–water partition coefficient (Wildman–Crippen LogP) is 1.71. The number of carboxylic acids is 1. The number of carbonyl (C=O) groups excluding carboxylic acids is 2. The van der Waals surface area contributed by atoms with E-state index < -0.39 is 11.9 Å². The molecule has 112 valence electrons. The number of carboxylic acid groups (broad SMARTS) is 1. The van der Waals surface area contributed by atoms with Crippen molar-refractivity contribution in [2.75, 3.05) is 12.4 Å². The van der Waals surface area contributed by atoms with Crippen molar-refractivity contribution < 1.29 is 19.5 Å². The molecule has 0 aliphatic rings. The van der Waals surface area contributed by atoms with Crippen LogP contribution in [0.15, 0.2) is 29.3 Å². The molecular formula is C15H18N2O4. The number of hydrogen-bond donors (Lipinski definition) is 3. The highest BCUT2D eigenvalue weighted by Gasteiger charge is 2.14. The Hall–Kier alpha value is -2.63. The van der Waals surface area contributed by atoms with Gasteiger partial charge in [-0.3, -0.25) is 9.59 Å². The van der Waals surface area contributed by atoms with Gasteiger partial charge in [-0.15, -0.1) is 0 Å². The molecule has 0 atom stereocenters. The van der Waals surface area contributed by atoms with E-state index in [-0.39, 0.29) is 17.1 Å². The number of rotatable bonds is 4. The maximum atomic E-state index is 12.0. The fourth-order valence-corrected chi connectivity index (χ4v) is 1.64. The summed E-state index contributed by atoms with van der Waals surface area (Å²) >= 11 is 0. The molecule has 3 N–H and O–H groups in total. The number of anilines is 1. The van der Waals surface area contributed by atoms with E-state index in [1.807, 2.05) is 0 Å². The maximum absolute atomic E-state index is 12.0. The molecule has 0 heterocycles. The molecule has 0 bridgehead atoms. The van der Waals surface area contributed by atoms with Gasteiger partial charge in [0, 0.05) is 29.4 Å². The normalized spacial score (nSPS) is 11.4. The average Bonchev–Trinajstić information content (AvgIpc) is 2.46. The van der Waals surface area contributed by atoms with Gasteiger partial charge in [0.25, 0.3) is 11.8 Å². The van der Waals surface area contributed by atoms with Gasteiger partial charge in [-0.1, -0.05) is 0 Å². The van der Waals surface area contributed by atoms with Gasteiger partial charge >= 0.3 is 5.97 Å². The zero-order valence-electron chi connectivity index (χ0n) is 12.4. The highest BCUT2D eigenvalue weighted by molar-refractivity contribution is 6.08. The number of amides is 2. The van der Waals surface area contributed by atoms with E-state index in [0.29, 0.717) is 16.8 Å². The lowest BCUT2D eigenvalue weighted by atomic mass is 10.1. The fourth-order valence-electron chi connectivity index (χ4n) is 1.64. The predicted molar refractivity (Wildman–Crippen MR) is 79.2 cm³/mol. The van der Waals surface area contributed by atoms with Crippen molar-refractivity contribution in [3.8, 4) is 0 Å². The van der Waals surface area contributed by atoms with Crippen molar-refractivity contribution in [1.82, 2.24) is 5.32 Å². The van der Waals surface area contributed by atoms with Gasteiger partial charge in [-0.05, 0) is 44.5 Å². The van der Waals surface area contributed by atoms with Crippen molar-refractivity contribution in [3.63, 3.8) is 0 Å². The summed E-state index contributed by atoms with van der Waals surface area (Å²) in [4.78, 5) is 34.3. The minimum Gasteiger partial charge on any atom is -0.478 e. The molecule has 6 nitrogen and oxygen atoms in total. The SMILES string of the molecule is CNC(=O)c1ccc(NC(=O)C(C)=C(C)C(=O)O)c(C)c1. The van der Waals surface area contributed by atoms with Crippen LogP contribution in [0, 0.1) is 6.92 Å². The summed E-state index contributed by atoms with van der Waals surface area (Å²) in [6, 6.07) is 4.85. The van der Waals surface area contributed by atoms with Crippen LogP contribution >= 0.6 is 0 Å². The van der Waals surface area contributed by atoms with Crippen molar-refractivity contribution in [2.45, 2.75) is 20.8 Å². The molecule has 1 aromatic rings. The number of aryl methyl sites for hydroxylation is 1. The number of nitrogens with one attached hydrogen (secondary N) is 2. The third-order valence-corrected chi connectivity index (χ3v) is 3.19. The van der Waals surface area contributed by atoms with Crippen LogP contribution in [0.3, 0.4) is 0 Å². The van der Waals surface area contributed by atoms with Gasteiger partial charge in [0.1, 0.15) is 0 Å². The van der Waals surface area contributed by atoms with Crippen LogP contribution in [0.2, 0.25) is 0 Å². The molecular weight excluding hydrogens is 272 g/mol. The molecule has 0 radical (unpaired) electrons. The second-order valence-corrected chi connectivity index (χ2v) is 4.62. The Labute approximate surface area is 122 Å². The number of hydrogen-bond acceptors (Lipinski definition) is 3. The molecule has 1 rings (SSSR count). The van der Waals surface area contributed by atoms with Crippen LogP contribution in [0.4, 0.5) is 5.69 Å². The first kappa shape index (κ1) is 16.4. The van der Waals surface area contributed by atoms with Crippen molar-refractivity contribution in [1.29, 1.82) is 0 Å². The number of aliphatic carboxylic acids is 1. The highest BCUT2D eigenvalue weighted by Crippen LogP contribution is 2.18. The van der Waals surface area contributed by atoms with E-state index in [4.69, 9.17) is 5.11 Å². The standard InChI is InChI=1S/C15H18N2O4/c1-8-7-11(14(19)16-4)5-6-12(8)17-13(18)9(2)10(3)15(20)21/h5-7H,1-4H3,(H,16,19)(H,17,18)(H,20,21). The zero-order valence-corrected chi connectivity index (χ0v) is 12.4. The largest absolute Gasteiger partial charge is 0.478 e. The Bertz CT molecular complexity index is 633. The van der Waals surface area contributed by atoms with Gasteiger partial charge < -0.3 is 15.7 Å². The minimum absolute atomic E-state index is 0.00728. The summed E-state index contributed by atoms with van der Waals surface area (Å²) in [5.41, 5.74) is 1.86. The lowest BCUT2D eigenvalue weighted by molar-refractivity contribution is -0.133. The van der Waals surface area contributed by atoms with E-state index in [1.54, 1.807) is 25.1 Å². The Balaban J connectivity index is 2.99. The first-order chi connectivity index (χ1) is 9.77. The van der Waals surface area contributed by atoms with Gasteiger partial charge in [-0.25, -0.2) is 4.79 Å². The third-order valence-electron chi connectivity index (χ3n) is 3.19. The molecule has 0 saturated heterocycles. The van der Waals surface area contributed by atoms with Crippen LogP contribution in [0.25, 0.3) is 0 Å². The summed E-state index contributed by atoms with van der Waals surface area (Å²) in [5.74, 6) is -1.83. The van der Waals surface area contributed by atoms with E-state index >= 15 is 0 Å². The Morgan fingerprint density at radius 2 is 1.71 bits per heavy atom. The van der Waals surface area contributed by atoms with Crippen molar-refractivity contribution in [3.05, 3.63) is 40.5 Å². The van der Waals surface area contributed by atoms with E-state index in [0.717, 1.165) is 0 Å². The van der Waals surface area contributed by atoms with Crippen molar-refractivity contribution >= 4 is 23.5 Å². The Morgan fingerprint density at radius 1 is 1.10 bits per heavy atom. The zero-order chi connectivity index (χ0) is 16.2. The molecule has 6 heteroatoms. The summed E-state index contributed by atoms with van der Waals surface area (Å²) in [5, 5.41) is 14.0. The summed E-state index contributed by atoms with van der Waals surface area (Å²) < 4.78 is 0. The van der Waals surface area contributed by atoms with E-state index in [1.165, 1.54) is 20.9 Å². The topological polar surface area (TPSA) is 95.5 Å². The molecule has 0 aliphatic carbocycles. The lowest BCUT2D eigenvalue weighted by Gasteiger charge is -2.11. The Kier molecular flexibility index (Phi) is 5.24. The summed E-state index contributed by atoms with van der Waals surface area (Å²) in [7, 11) is 1.54. The molecule has 0 spiro atoms. The van der Waals surface area contributed by atoms with Gasteiger partial charge in [-0.2, -0.15) is 0 Å². The summed E-state index contributed by atoms with van der Waals surface area (Å²) in [6.45, 7) is 4.58.